The van der Waals surface area contributed by atoms with Gasteiger partial charge in [0.2, 0.25) is 0 Å². The van der Waals surface area contributed by atoms with Crippen LogP contribution in [0, 0.1) is 13.8 Å². The average molecular weight is 554 g/mol. The summed E-state index contributed by atoms with van der Waals surface area (Å²) >= 11 is 0. The summed E-state index contributed by atoms with van der Waals surface area (Å²) < 4.78 is 44.5. The lowest BCUT2D eigenvalue weighted by molar-refractivity contribution is -0.137. The summed E-state index contributed by atoms with van der Waals surface area (Å²) in [6, 6.07) is 5.48. The van der Waals surface area contributed by atoms with Crippen LogP contribution in [0.5, 0.6) is 0 Å². The van der Waals surface area contributed by atoms with Crippen LogP contribution >= 0.6 is 0 Å². The molecule has 1 aliphatic rings. The highest BCUT2D eigenvalue weighted by molar-refractivity contribution is 6.04. The van der Waals surface area contributed by atoms with Gasteiger partial charge in [-0.25, -0.2) is 4.68 Å². The van der Waals surface area contributed by atoms with E-state index in [0.717, 1.165) is 29.8 Å². The van der Waals surface area contributed by atoms with Gasteiger partial charge in [-0.05, 0) is 58.6 Å². The van der Waals surface area contributed by atoms with Gasteiger partial charge in [-0.3, -0.25) is 14.5 Å². The van der Waals surface area contributed by atoms with Crippen LogP contribution in [0.15, 0.2) is 42.9 Å². The van der Waals surface area contributed by atoms with Gasteiger partial charge in [0.15, 0.2) is 0 Å². The molecule has 0 bridgehead atoms. The Hall–Kier alpha value is -4.26. The van der Waals surface area contributed by atoms with Crippen molar-refractivity contribution in [3.05, 3.63) is 65.4 Å². The Morgan fingerprint density at radius 1 is 1.12 bits per heavy atom. The summed E-state index contributed by atoms with van der Waals surface area (Å²) in [7, 11) is 5.74. The van der Waals surface area contributed by atoms with Gasteiger partial charge >= 0.3 is 6.18 Å². The van der Waals surface area contributed by atoms with Crippen molar-refractivity contribution in [2.45, 2.75) is 32.5 Å². The van der Waals surface area contributed by atoms with Gasteiger partial charge in [-0.15, -0.1) is 5.10 Å². The minimum atomic E-state index is -4.56. The molecule has 13 heteroatoms. The first-order valence-corrected chi connectivity index (χ1v) is 12.7. The molecule has 1 N–H and O–H groups in total. The van der Waals surface area contributed by atoms with Crippen LogP contribution in [0.4, 0.5) is 24.5 Å². The van der Waals surface area contributed by atoms with Gasteiger partial charge in [0, 0.05) is 55.0 Å². The molecule has 10 nitrogen and oxygen atoms in total. The number of amides is 1. The number of nitrogens with one attached hydrogen (secondary N) is 1. The molecule has 1 aromatic carbocycles. The zero-order valence-corrected chi connectivity index (χ0v) is 22.9. The standard InChI is InChI=1S/C27H30F3N9O/c1-16-25(39-15-24(34-35-39)23-13-32-37(5)17(23)2)8-18(12-31-16)26(40)33-20-9-19(27(28,29)30)10-22(11-20)38-7-6-21(14-38)36(3)4/h8-13,15,21H,6-7,14H2,1-5H3,(H,33,40)/t21-/m0/s1. The Morgan fingerprint density at radius 2 is 1.90 bits per heavy atom. The summed E-state index contributed by atoms with van der Waals surface area (Å²) in [5, 5.41) is 15.3. The maximum absolute atomic E-state index is 13.8. The topological polar surface area (TPSA) is 97.0 Å². The fourth-order valence-electron chi connectivity index (χ4n) is 4.76. The third-order valence-electron chi connectivity index (χ3n) is 7.34. The molecule has 4 heterocycles. The molecule has 1 saturated heterocycles. The first-order chi connectivity index (χ1) is 18.9. The number of pyridine rings is 1. The lowest BCUT2D eigenvalue weighted by Crippen LogP contribution is -2.31. The third-order valence-corrected chi connectivity index (χ3v) is 7.34. The Balaban J connectivity index is 1.42. The van der Waals surface area contributed by atoms with Crippen molar-refractivity contribution in [3.8, 4) is 16.9 Å². The number of alkyl halides is 3. The van der Waals surface area contributed by atoms with E-state index in [1.807, 2.05) is 33.0 Å². The van der Waals surface area contributed by atoms with E-state index < -0.39 is 17.6 Å². The molecule has 40 heavy (non-hydrogen) atoms. The molecule has 1 amide bonds. The number of carbonyl (C=O) groups excluding carboxylic acids is 1. The Bertz CT molecular complexity index is 1560. The molecule has 0 spiro atoms. The first kappa shape index (κ1) is 27.3. The Labute approximate surface area is 229 Å². The summed E-state index contributed by atoms with van der Waals surface area (Å²) in [6.07, 6.45) is 1.07. The van der Waals surface area contributed by atoms with Gasteiger partial charge in [-0.1, -0.05) is 5.21 Å². The largest absolute Gasteiger partial charge is 0.416 e. The zero-order chi connectivity index (χ0) is 28.8. The average Bonchev–Trinajstić information content (AvgIpc) is 3.65. The summed E-state index contributed by atoms with van der Waals surface area (Å²) in [4.78, 5) is 21.5. The number of likely N-dealkylation sites (N-methyl/N-ethyl adjacent to an activating group) is 1. The van der Waals surface area contributed by atoms with E-state index in [2.05, 4.69) is 30.6 Å². The van der Waals surface area contributed by atoms with E-state index in [9.17, 15) is 18.0 Å². The molecule has 5 rings (SSSR count). The monoisotopic (exact) mass is 553 g/mol. The maximum Gasteiger partial charge on any atom is 0.416 e. The van der Waals surface area contributed by atoms with E-state index in [-0.39, 0.29) is 17.3 Å². The van der Waals surface area contributed by atoms with Gasteiger partial charge in [0.1, 0.15) is 5.69 Å². The highest BCUT2D eigenvalue weighted by Gasteiger charge is 2.33. The minimum Gasteiger partial charge on any atom is -0.370 e. The van der Waals surface area contributed by atoms with E-state index in [1.54, 1.807) is 36.1 Å². The molecule has 1 aliphatic heterocycles. The minimum absolute atomic E-state index is 0.0559. The van der Waals surface area contributed by atoms with E-state index in [1.165, 1.54) is 10.9 Å². The van der Waals surface area contributed by atoms with E-state index in [4.69, 9.17) is 0 Å². The van der Waals surface area contributed by atoms with Gasteiger partial charge in [-0.2, -0.15) is 18.3 Å². The van der Waals surface area contributed by atoms with E-state index >= 15 is 0 Å². The highest BCUT2D eigenvalue weighted by Crippen LogP contribution is 2.36. The van der Waals surface area contributed by atoms with Gasteiger partial charge in [0.25, 0.3) is 5.91 Å². The van der Waals surface area contributed by atoms with Gasteiger partial charge in [0.05, 0.1) is 34.9 Å². The predicted molar refractivity (Wildman–Crippen MR) is 145 cm³/mol. The number of aromatic nitrogens is 6. The molecule has 0 unspecified atom stereocenters. The Morgan fingerprint density at radius 3 is 2.55 bits per heavy atom. The summed E-state index contributed by atoms with van der Waals surface area (Å²) in [5.41, 5.74) is 3.28. The van der Waals surface area contributed by atoms with Crippen molar-refractivity contribution in [3.63, 3.8) is 0 Å². The second kappa shape index (κ2) is 10.4. The molecular formula is C27H30F3N9O. The van der Waals surface area contributed by atoms with Crippen molar-refractivity contribution >= 4 is 17.3 Å². The van der Waals surface area contributed by atoms with Crippen LogP contribution < -0.4 is 10.2 Å². The number of carbonyl (C=O) groups is 1. The lowest BCUT2D eigenvalue weighted by Gasteiger charge is -2.23. The van der Waals surface area contributed by atoms with Crippen LogP contribution in [0.25, 0.3) is 16.9 Å². The second-order valence-corrected chi connectivity index (χ2v) is 10.2. The fourth-order valence-corrected chi connectivity index (χ4v) is 4.76. The van der Waals surface area contributed by atoms with Crippen LogP contribution in [-0.2, 0) is 13.2 Å². The zero-order valence-electron chi connectivity index (χ0n) is 22.9. The predicted octanol–water partition coefficient (Wildman–Crippen LogP) is 4.09. The Kier molecular flexibility index (Phi) is 7.08. The fraction of sp³-hybridized carbons (Fsp3) is 0.370. The number of anilines is 2. The molecule has 0 radical (unpaired) electrons. The van der Waals surface area contributed by atoms with Crippen molar-refractivity contribution in [1.29, 1.82) is 0 Å². The number of aryl methyl sites for hydroxylation is 2. The highest BCUT2D eigenvalue weighted by atomic mass is 19.4. The van der Waals surface area contributed by atoms with Crippen LogP contribution in [0.3, 0.4) is 0 Å². The molecule has 1 fully saturated rings. The number of benzene rings is 1. The van der Waals surface area contributed by atoms with Crippen molar-refractivity contribution in [2.75, 3.05) is 37.4 Å². The molecule has 0 saturated carbocycles. The smallest absolute Gasteiger partial charge is 0.370 e. The van der Waals surface area contributed by atoms with Crippen LogP contribution in [0.1, 0.15) is 33.7 Å². The molecule has 210 valence electrons. The van der Waals surface area contributed by atoms with Crippen molar-refractivity contribution < 1.29 is 18.0 Å². The number of rotatable bonds is 6. The molecular weight excluding hydrogens is 523 g/mol. The summed E-state index contributed by atoms with van der Waals surface area (Å²) in [6.45, 7) is 4.92. The van der Waals surface area contributed by atoms with Gasteiger partial charge < -0.3 is 15.1 Å². The molecule has 4 aromatic rings. The number of halogens is 3. The molecule has 3 aromatic heterocycles. The first-order valence-electron chi connectivity index (χ1n) is 12.7. The summed E-state index contributed by atoms with van der Waals surface area (Å²) in [5.74, 6) is -0.588. The van der Waals surface area contributed by atoms with Crippen molar-refractivity contribution in [2.24, 2.45) is 7.05 Å². The number of hydrogen-bond acceptors (Lipinski definition) is 7. The quantitative estimate of drug-likeness (QED) is 0.384. The maximum atomic E-state index is 13.8. The SMILES string of the molecule is Cc1ncc(C(=O)Nc2cc(N3CC[C@H](N(C)C)C3)cc(C(F)(F)F)c2)cc1-n1cc(-c2cnn(C)c2C)nn1. The third kappa shape index (κ3) is 5.41. The molecule has 0 aliphatic carbocycles. The normalized spacial score (nSPS) is 15.7. The van der Waals surface area contributed by atoms with E-state index in [0.29, 0.717) is 35.9 Å². The second-order valence-electron chi connectivity index (χ2n) is 10.2. The lowest BCUT2D eigenvalue weighted by atomic mass is 10.1. The number of nitrogens with zero attached hydrogens (tertiary/aromatic N) is 8. The van der Waals surface area contributed by atoms with Crippen LogP contribution in [-0.4, -0.2) is 73.8 Å². The molecule has 1 atom stereocenters. The number of hydrogen-bond donors (Lipinski definition) is 1. The van der Waals surface area contributed by atoms with Crippen molar-refractivity contribution in [1.82, 2.24) is 34.7 Å². The van der Waals surface area contributed by atoms with Crippen LogP contribution in [0.2, 0.25) is 0 Å².